The van der Waals surface area contributed by atoms with Crippen molar-refractivity contribution >= 4 is 17.5 Å². The Morgan fingerprint density at radius 3 is 2.57 bits per heavy atom. The number of carbonyl (C=O) groups excluding carboxylic acids is 2. The summed E-state index contributed by atoms with van der Waals surface area (Å²) in [7, 11) is 1.47. The Morgan fingerprint density at radius 2 is 1.83 bits per heavy atom. The second-order valence-electron chi connectivity index (χ2n) is 5.94. The maximum atomic E-state index is 12.2. The first-order chi connectivity index (χ1) is 14.5. The molecule has 11 heteroatoms. The maximum absolute atomic E-state index is 12.2. The molecule has 1 heterocycles. The standard InChI is InChI=1S/C19H17N5O6/c1-29-15-8-3-2-7-14(15)17(25)20-9-10-21-18(26)19-22-16(23-30-19)12-5-4-6-13(11-12)24(27)28/h2-8,11H,9-10H2,1H3,(H,20,25)(H,21,26). The molecule has 1 aromatic heterocycles. The third-order valence-electron chi connectivity index (χ3n) is 3.98. The number of ether oxygens (including phenoxy) is 1. The fourth-order valence-corrected chi connectivity index (χ4v) is 2.55. The molecule has 11 nitrogen and oxygen atoms in total. The zero-order valence-electron chi connectivity index (χ0n) is 15.8. The number of non-ortho nitro benzene ring substituents is 1. The maximum Gasteiger partial charge on any atom is 0.316 e. The molecule has 0 spiro atoms. The van der Waals surface area contributed by atoms with Crippen molar-refractivity contribution in [2.75, 3.05) is 20.2 Å². The van der Waals surface area contributed by atoms with Gasteiger partial charge in [0, 0.05) is 30.8 Å². The highest BCUT2D eigenvalue weighted by molar-refractivity contribution is 5.97. The number of amides is 2. The summed E-state index contributed by atoms with van der Waals surface area (Å²) < 4.78 is 10.0. The number of aromatic nitrogens is 2. The van der Waals surface area contributed by atoms with E-state index in [0.29, 0.717) is 16.9 Å². The Labute approximate surface area is 170 Å². The Kier molecular flexibility index (Phi) is 6.33. The number of nitrogens with zero attached hydrogens (tertiary/aromatic N) is 3. The van der Waals surface area contributed by atoms with Crippen LogP contribution < -0.4 is 15.4 Å². The van der Waals surface area contributed by atoms with Crippen molar-refractivity contribution in [3.05, 3.63) is 70.1 Å². The lowest BCUT2D eigenvalue weighted by molar-refractivity contribution is -0.384. The molecule has 2 amide bonds. The molecular weight excluding hydrogens is 394 g/mol. The molecule has 0 atom stereocenters. The molecule has 0 saturated heterocycles. The minimum Gasteiger partial charge on any atom is -0.496 e. The molecular formula is C19H17N5O6. The van der Waals surface area contributed by atoms with E-state index in [9.17, 15) is 19.7 Å². The molecule has 0 bridgehead atoms. The molecule has 0 aliphatic heterocycles. The van der Waals surface area contributed by atoms with E-state index >= 15 is 0 Å². The van der Waals surface area contributed by atoms with Gasteiger partial charge >= 0.3 is 11.8 Å². The van der Waals surface area contributed by atoms with Crippen LogP contribution in [0.15, 0.2) is 53.1 Å². The van der Waals surface area contributed by atoms with Gasteiger partial charge in [-0.3, -0.25) is 19.7 Å². The van der Waals surface area contributed by atoms with Gasteiger partial charge in [0.05, 0.1) is 17.6 Å². The molecule has 0 saturated carbocycles. The molecule has 0 aliphatic carbocycles. The first-order valence-corrected chi connectivity index (χ1v) is 8.77. The first-order valence-electron chi connectivity index (χ1n) is 8.77. The molecule has 0 radical (unpaired) electrons. The van der Waals surface area contributed by atoms with Crippen LogP contribution in [0.1, 0.15) is 21.0 Å². The van der Waals surface area contributed by atoms with Crippen molar-refractivity contribution in [1.82, 2.24) is 20.8 Å². The second-order valence-corrected chi connectivity index (χ2v) is 5.94. The number of nitro benzene ring substituents is 1. The minimum atomic E-state index is -0.634. The van der Waals surface area contributed by atoms with Crippen molar-refractivity contribution < 1.29 is 23.8 Å². The number of benzene rings is 2. The predicted molar refractivity (Wildman–Crippen MR) is 104 cm³/mol. The summed E-state index contributed by atoms with van der Waals surface area (Å²) in [5, 5.41) is 19.7. The third-order valence-corrected chi connectivity index (χ3v) is 3.98. The van der Waals surface area contributed by atoms with E-state index in [4.69, 9.17) is 9.26 Å². The van der Waals surface area contributed by atoms with Gasteiger partial charge in [-0.25, -0.2) is 0 Å². The van der Waals surface area contributed by atoms with Crippen LogP contribution in [0.2, 0.25) is 0 Å². The summed E-state index contributed by atoms with van der Waals surface area (Å²) in [6.07, 6.45) is 0. The summed E-state index contributed by atoms with van der Waals surface area (Å²) in [5.41, 5.74) is 0.593. The molecule has 2 N–H and O–H groups in total. The molecule has 0 fully saturated rings. The Balaban J connectivity index is 1.53. The summed E-state index contributed by atoms with van der Waals surface area (Å²) in [6.45, 7) is 0.280. The highest BCUT2D eigenvalue weighted by Gasteiger charge is 2.17. The lowest BCUT2D eigenvalue weighted by atomic mass is 10.2. The van der Waals surface area contributed by atoms with E-state index in [-0.39, 0.29) is 36.4 Å². The van der Waals surface area contributed by atoms with Crippen molar-refractivity contribution in [2.45, 2.75) is 0 Å². The van der Waals surface area contributed by atoms with Crippen LogP contribution in [0.4, 0.5) is 5.69 Å². The molecule has 2 aromatic carbocycles. The molecule has 0 unspecified atom stereocenters. The zero-order chi connectivity index (χ0) is 21.5. The van der Waals surface area contributed by atoms with Crippen LogP contribution in [0.25, 0.3) is 11.4 Å². The van der Waals surface area contributed by atoms with E-state index in [0.717, 1.165) is 0 Å². The van der Waals surface area contributed by atoms with E-state index in [2.05, 4.69) is 20.8 Å². The van der Waals surface area contributed by atoms with Gasteiger partial charge in [0.15, 0.2) is 0 Å². The Morgan fingerprint density at radius 1 is 1.10 bits per heavy atom. The normalized spacial score (nSPS) is 10.3. The molecule has 154 valence electrons. The molecule has 3 rings (SSSR count). The number of methoxy groups -OCH3 is 1. The number of carbonyl (C=O) groups is 2. The fourth-order valence-electron chi connectivity index (χ4n) is 2.55. The van der Waals surface area contributed by atoms with E-state index in [1.54, 1.807) is 30.3 Å². The molecule has 3 aromatic rings. The zero-order valence-corrected chi connectivity index (χ0v) is 15.8. The van der Waals surface area contributed by atoms with Crippen LogP contribution in [-0.2, 0) is 0 Å². The van der Waals surface area contributed by atoms with Crippen molar-refractivity contribution in [3.63, 3.8) is 0 Å². The number of para-hydroxylation sites is 1. The molecule has 0 aliphatic rings. The van der Waals surface area contributed by atoms with Gasteiger partial charge in [-0.2, -0.15) is 4.98 Å². The quantitative estimate of drug-likeness (QED) is 0.324. The van der Waals surface area contributed by atoms with E-state index in [1.165, 1.54) is 25.3 Å². The average Bonchev–Trinajstić information content (AvgIpc) is 3.27. The number of nitrogens with one attached hydrogen (secondary N) is 2. The van der Waals surface area contributed by atoms with Crippen LogP contribution in [0, 0.1) is 10.1 Å². The number of hydrogen-bond acceptors (Lipinski definition) is 8. The number of rotatable bonds is 8. The predicted octanol–water partition coefficient (Wildman–Crippen LogP) is 1.81. The highest BCUT2D eigenvalue weighted by atomic mass is 16.6. The Bertz CT molecular complexity index is 1080. The Hall–Kier alpha value is -4.28. The smallest absolute Gasteiger partial charge is 0.316 e. The van der Waals surface area contributed by atoms with Crippen LogP contribution in [-0.4, -0.2) is 47.1 Å². The largest absolute Gasteiger partial charge is 0.496 e. The van der Waals surface area contributed by atoms with Crippen LogP contribution in [0.5, 0.6) is 5.75 Å². The summed E-state index contributed by atoms with van der Waals surface area (Å²) in [5.74, 6) is -0.780. The van der Waals surface area contributed by atoms with Gasteiger partial charge in [0.1, 0.15) is 5.75 Å². The molecule has 30 heavy (non-hydrogen) atoms. The van der Waals surface area contributed by atoms with Crippen LogP contribution in [0.3, 0.4) is 0 Å². The fraction of sp³-hybridized carbons (Fsp3) is 0.158. The lowest BCUT2D eigenvalue weighted by Crippen LogP contribution is -2.34. The topological polar surface area (TPSA) is 149 Å². The van der Waals surface area contributed by atoms with Gasteiger partial charge in [-0.15, -0.1) is 0 Å². The van der Waals surface area contributed by atoms with Crippen molar-refractivity contribution in [3.8, 4) is 17.1 Å². The second kappa shape index (κ2) is 9.28. The number of hydrogen-bond donors (Lipinski definition) is 2. The average molecular weight is 411 g/mol. The first kappa shape index (κ1) is 20.5. The van der Waals surface area contributed by atoms with Crippen molar-refractivity contribution in [2.24, 2.45) is 0 Å². The number of nitro groups is 1. The van der Waals surface area contributed by atoms with E-state index in [1.807, 2.05) is 0 Å². The van der Waals surface area contributed by atoms with Gasteiger partial charge in [-0.05, 0) is 12.1 Å². The third kappa shape index (κ3) is 4.76. The van der Waals surface area contributed by atoms with Crippen molar-refractivity contribution in [1.29, 1.82) is 0 Å². The van der Waals surface area contributed by atoms with Gasteiger partial charge in [0.2, 0.25) is 5.82 Å². The van der Waals surface area contributed by atoms with Crippen LogP contribution >= 0.6 is 0 Å². The lowest BCUT2D eigenvalue weighted by Gasteiger charge is -2.09. The summed E-state index contributed by atoms with van der Waals surface area (Å²) in [4.78, 5) is 38.6. The monoisotopic (exact) mass is 411 g/mol. The van der Waals surface area contributed by atoms with Gasteiger partial charge < -0.3 is 19.9 Å². The summed E-state index contributed by atoms with van der Waals surface area (Å²) >= 11 is 0. The van der Waals surface area contributed by atoms with Gasteiger partial charge in [0.25, 0.3) is 11.6 Å². The summed E-state index contributed by atoms with van der Waals surface area (Å²) in [6, 6.07) is 12.4. The van der Waals surface area contributed by atoms with E-state index < -0.39 is 10.8 Å². The highest BCUT2D eigenvalue weighted by Crippen LogP contribution is 2.21. The van der Waals surface area contributed by atoms with Gasteiger partial charge in [-0.1, -0.05) is 29.4 Å². The minimum absolute atomic E-state index is 0.0494. The SMILES string of the molecule is COc1ccccc1C(=O)NCCNC(=O)c1nc(-c2cccc([N+](=O)[O-])c2)no1.